The van der Waals surface area contributed by atoms with Gasteiger partial charge in [-0.05, 0) is 36.9 Å². The number of anilines is 2. The van der Waals surface area contributed by atoms with Gasteiger partial charge in [0.25, 0.3) is 5.91 Å². The highest BCUT2D eigenvalue weighted by atomic mass is 32.1. The van der Waals surface area contributed by atoms with Crippen molar-refractivity contribution in [1.82, 2.24) is 24.8 Å². The summed E-state index contributed by atoms with van der Waals surface area (Å²) in [5.41, 5.74) is 3.58. The molecule has 0 atom stereocenters. The Morgan fingerprint density at radius 3 is 2.62 bits per heavy atom. The van der Waals surface area contributed by atoms with Gasteiger partial charge >= 0.3 is 5.97 Å². The van der Waals surface area contributed by atoms with E-state index in [9.17, 15) is 9.59 Å². The van der Waals surface area contributed by atoms with Crippen LogP contribution in [0.2, 0.25) is 0 Å². The third-order valence-electron chi connectivity index (χ3n) is 6.33. The van der Waals surface area contributed by atoms with E-state index in [4.69, 9.17) is 4.74 Å². The number of aromatic nitrogens is 3. The number of hydrogen-bond acceptors (Lipinski definition) is 9. The van der Waals surface area contributed by atoms with Gasteiger partial charge in [0, 0.05) is 43.7 Å². The molecule has 1 aliphatic heterocycles. The smallest absolute Gasteiger partial charge is 0.354 e. The molecule has 11 heteroatoms. The van der Waals surface area contributed by atoms with E-state index in [0.717, 1.165) is 48.8 Å². The minimum absolute atomic E-state index is 0.155. The van der Waals surface area contributed by atoms with Crippen LogP contribution in [0.5, 0.6) is 0 Å². The number of amides is 1. The van der Waals surface area contributed by atoms with Crippen molar-refractivity contribution in [2.45, 2.75) is 13.1 Å². The number of H-pyrrole nitrogens is 1. The molecule has 37 heavy (non-hydrogen) atoms. The number of methoxy groups -OCH3 is 1. The molecule has 3 aromatic heterocycles. The minimum atomic E-state index is -0.438. The number of nitrogens with one attached hydrogen (secondary N) is 3. The van der Waals surface area contributed by atoms with Crippen LogP contribution in [0, 0.1) is 0 Å². The molecule has 0 saturated carbocycles. The third-order valence-corrected chi connectivity index (χ3v) is 7.24. The second-order valence-electron chi connectivity index (χ2n) is 9.04. The summed E-state index contributed by atoms with van der Waals surface area (Å²) in [6.07, 6.45) is 3.35. The maximum atomic E-state index is 12.7. The van der Waals surface area contributed by atoms with E-state index in [1.807, 2.05) is 30.3 Å². The van der Waals surface area contributed by atoms with E-state index in [2.05, 4.69) is 42.4 Å². The molecule has 1 fully saturated rings. The summed E-state index contributed by atoms with van der Waals surface area (Å²) in [5.74, 6) is -0.593. The third kappa shape index (κ3) is 6.13. The first-order valence-corrected chi connectivity index (χ1v) is 12.9. The molecule has 1 saturated heterocycles. The Kier molecular flexibility index (Phi) is 7.45. The number of likely N-dealkylation sites (N-methyl/N-ethyl adjacent to an activating group) is 1. The van der Waals surface area contributed by atoms with Crippen LogP contribution in [-0.4, -0.2) is 77.0 Å². The lowest BCUT2D eigenvalue weighted by atomic mass is 10.1. The van der Waals surface area contributed by atoms with Crippen LogP contribution in [0.1, 0.15) is 31.4 Å². The maximum Gasteiger partial charge on any atom is 0.354 e. The van der Waals surface area contributed by atoms with Crippen LogP contribution in [0.4, 0.5) is 10.7 Å². The van der Waals surface area contributed by atoms with E-state index < -0.39 is 5.97 Å². The number of rotatable bonds is 8. The molecule has 0 bridgehead atoms. The van der Waals surface area contributed by atoms with Crippen molar-refractivity contribution in [1.29, 1.82) is 0 Å². The number of ether oxygens (including phenoxy) is 1. The van der Waals surface area contributed by atoms with Gasteiger partial charge in [-0.1, -0.05) is 23.5 Å². The van der Waals surface area contributed by atoms with Crippen molar-refractivity contribution >= 4 is 44.9 Å². The maximum absolute atomic E-state index is 12.7. The number of benzene rings is 1. The zero-order valence-corrected chi connectivity index (χ0v) is 21.6. The first kappa shape index (κ1) is 24.9. The summed E-state index contributed by atoms with van der Waals surface area (Å²) in [5, 5.41) is 8.53. The zero-order valence-electron chi connectivity index (χ0n) is 20.8. The SMILES string of the molecule is COC(=O)c1cc2cc(NCc3ncc(NC(=O)c4ccc(CN5CCN(C)CC5)cc4)s3)cnc2[nH]1. The van der Waals surface area contributed by atoms with Crippen molar-refractivity contribution < 1.29 is 14.3 Å². The van der Waals surface area contributed by atoms with E-state index in [1.165, 1.54) is 24.0 Å². The number of aromatic amines is 1. The Bertz CT molecular complexity index is 1390. The molecule has 4 heterocycles. The van der Waals surface area contributed by atoms with Gasteiger partial charge in [-0.3, -0.25) is 9.69 Å². The predicted octanol–water partition coefficient (Wildman–Crippen LogP) is 3.42. The summed E-state index contributed by atoms with van der Waals surface area (Å²) in [4.78, 5) is 40.9. The molecule has 1 amide bonds. The highest BCUT2D eigenvalue weighted by Crippen LogP contribution is 2.23. The van der Waals surface area contributed by atoms with Crippen molar-refractivity contribution in [2.24, 2.45) is 0 Å². The number of pyridine rings is 1. The highest BCUT2D eigenvalue weighted by Gasteiger charge is 2.15. The van der Waals surface area contributed by atoms with Gasteiger partial charge in [0.05, 0.1) is 31.7 Å². The van der Waals surface area contributed by atoms with Gasteiger partial charge in [0.2, 0.25) is 0 Å². The van der Waals surface area contributed by atoms with Gasteiger partial charge < -0.3 is 25.3 Å². The van der Waals surface area contributed by atoms with Gasteiger partial charge in [-0.2, -0.15) is 0 Å². The topological polar surface area (TPSA) is 115 Å². The summed E-state index contributed by atoms with van der Waals surface area (Å²) in [7, 11) is 3.49. The molecule has 0 spiro atoms. The lowest BCUT2D eigenvalue weighted by Gasteiger charge is -2.32. The van der Waals surface area contributed by atoms with Crippen molar-refractivity contribution in [3.63, 3.8) is 0 Å². The van der Waals surface area contributed by atoms with Crippen LogP contribution < -0.4 is 10.6 Å². The summed E-state index contributed by atoms with van der Waals surface area (Å²) < 4.78 is 4.74. The monoisotopic (exact) mass is 519 g/mol. The van der Waals surface area contributed by atoms with Gasteiger partial charge in [0.15, 0.2) is 0 Å². The summed E-state index contributed by atoms with van der Waals surface area (Å²) >= 11 is 1.41. The lowest BCUT2D eigenvalue weighted by Crippen LogP contribution is -2.43. The Morgan fingerprint density at radius 1 is 1.08 bits per heavy atom. The fourth-order valence-corrected chi connectivity index (χ4v) is 4.92. The predicted molar refractivity (Wildman–Crippen MR) is 144 cm³/mol. The second kappa shape index (κ2) is 11.1. The summed E-state index contributed by atoms with van der Waals surface area (Å²) in [6, 6.07) is 11.4. The number of esters is 1. The first-order chi connectivity index (χ1) is 18.0. The van der Waals surface area contributed by atoms with Crippen molar-refractivity contribution in [2.75, 3.05) is 51.0 Å². The number of fused-ring (bicyclic) bond motifs is 1. The Labute approximate surface area is 218 Å². The summed E-state index contributed by atoms with van der Waals surface area (Å²) in [6.45, 7) is 5.68. The number of hydrogen-bond donors (Lipinski definition) is 3. The van der Waals surface area contributed by atoms with Crippen LogP contribution >= 0.6 is 11.3 Å². The van der Waals surface area contributed by atoms with E-state index in [-0.39, 0.29) is 5.91 Å². The first-order valence-electron chi connectivity index (χ1n) is 12.0. The molecule has 1 aliphatic rings. The average Bonchev–Trinajstić information content (AvgIpc) is 3.55. The number of piperazine rings is 1. The van der Waals surface area contributed by atoms with Gasteiger partial charge in [0.1, 0.15) is 21.3 Å². The van der Waals surface area contributed by atoms with Gasteiger partial charge in [-0.15, -0.1) is 0 Å². The second-order valence-corrected chi connectivity index (χ2v) is 10.2. The fourth-order valence-electron chi connectivity index (χ4n) is 4.17. The molecule has 10 nitrogen and oxygen atoms in total. The van der Waals surface area contributed by atoms with E-state index in [0.29, 0.717) is 28.5 Å². The van der Waals surface area contributed by atoms with Crippen LogP contribution in [0.3, 0.4) is 0 Å². The standard InChI is InChI=1S/C26H29N7O3S/c1-32-7-9-33(10-8-32)16-17-3-5-18(6-4-17)25(34)31-23-15-28-22(37-23)14-27-20-11-19-12-21(26(35)36-2)30-24(19)29-13-20/h3-6,11-13,15,27H,7-10,14,16H2,1-2H3,(H,29,30)(H,31,34). The number of nitrogens with zero attached hydrogens (tertiary/aromatic N) is 4. The zero-order chi connectivity index (χ0) is 25.8. The molecule has 192 valence electrons. The molecular formula is C26H29N7O3S. The highest BCUT2D eigenvalue weighted by molar-refractivity contribution is 7.15. The number of carbonyl (C=O) groups excluding carboxylic acids is 2. The molecule has 0 unspecified atom stereocenters. The Balaban J connectivity index is 1.13. The Hall–Kier alpha value is -3.80. The molecular weight excluding hydrogens is 490 g/mol. The van der Waals surface area contributed by atoms with Crippen LogP contribution in [0.15, 0.2) is 48.8 Å². The number of carbonyl (C=O) groups is 2. The average molecular weight is 520 g/mol. The van der Waals surface area contributed by atoms with Crippen LogP contribution in [0.25, 0.3) is 11.0 Å². The molecule has 0 radical (unpaired) electrons. The largest absolute Gasteiger partial charge is 0.464 e. The molecule has 1 aromatic carbocycles. The number of thiazole rings is 1. The normalized spacial score (nSPS) is 14.5. The quantitative estimate of drug-likeness (QED) is 0.303. The van der Waals surface area contributed by atoms with Crippen molar-refractivity contribution in [3.8, 4) is 0 Å². The molecule has 4 aromatic rings. The van der Waals surface area contributed by atoms with E-state index in [1.54, 1.807) is 18.5 Å². The van der Waals surface area contributed by atoms with Crippen molar-refractivity contribution in [3.05, 3.63) is 70.6 Å². The lowest BCUT2D eigenvalue weighted by molar-refractivity contribution is 0.0595. The molecule has 0 aliphatic carbocycles. The minimum Gasteiger partial charge on any atom is -0.464 e. The van der Waals surface area contributed by atoms with Gasteiger partial charge in [-0.25, -0.2) is 14.8 Å². The Morgan fingerprint density at radius 2 is 1.86 bits per heavy atom. The van der Waals surface area contributed by atoms with Crippen LogP contribution in [-0.2, 0) is 17.8 Å². The molecule has 3 N–H and O–H groups in total. The fraction of sp³-hybridized carbons (Fsp3) is 0.308. The molecule has 5 rings (SSSR count). The van der Waals surface area contributed by atoms with E-state index >= 15 is 0 Å².